The van der Waals surface area contributed by atoms with Crippen LogP contribution in [0.5, 0.6) is 0 Å². The van der Waals surface area contributed by atoms with Gasteiger partial charge in [0.15, 0.2) is 0 Å². The summed E-state index contributed by atoms with van der Waals surface area (Å²) in [5.41, 5.74) is 0.614. The number of piperidine rings is 1. The van der Waals surface area contributed by atoms with Crippen molar-refractivity contribution >= 4 is 45.1 Å². The van der Waals surface area contributed by atoms with Crippen molar-refractivity contribution in [2.24, 2.45) is 5.41 Å². The molecule has 12 heteroatoms. The molecule has 45 heavy (non-hydrogen) atoms. The number of benzene rings is 2. The van der Waals surface area contributed by atoms with Crippen molar-refractivity contribution in [1.29, 1.82) is 0 Å². The maximum Gasteiger partial charge on any atom is 0.304 e. The second-order valence-corrected chi connectivity index (χ2v) is 16.0. The number of carboxylic acids is 1. The molecule has 1 saturated carbocycles. The van der Waals surface area contributed by atoms with E-state index >= 15 is 0 Å². The summed E-state index contributed by atoms with van der Waals surface area (Å²) >= 11 is 12.8. The molecule has 9 nitrogen and oxygen atoms in total. The Morgan fingerprint density at radius 2 is 1.78 bits per heavy atom. The molecule has 2 aliphatic heterocycles. The van der Waals surface area contributed by atoms with Gasteiger partial charge >= 0.3 is 5.97 Å². The van der Waals surface area contributed by atoms with E-state index in [9.17, 15) is 23.1 Å². The lowest BCUT2D eigenvalue weighted by atomic mass is 9.64. The number of nitrogens with zero attached hydrogens (tertiary/aromatic N) is 3. The highest BCUT2D eigenvalue weighted by Crippen LogP contribution is 2.53. The summed E-state index contributed by atoms with van der Waals surface area (Å²) in [4.78, 5) is 31.6. The lowest BCUT2D eigenvalue weighted by Gasteiger charge is -2.53. The summed E-state index contributed by atoms with van der Waals surface area (Å²) in [5.74, 6) is -1.51. The largest absolute Gasteiger partial charge is 0.481 e. The fourth-order valence-corrected chi connectivity index (χ4v) is 8.89. The van der Waals surface area contributed by atoms with Gasteiger partial charge in [-0.15, -0.1) is 0 Å². The van der Waals surface area contributed by atoms with Crippen molar-refractivity contribution in [2.75, 3.05) is 46.4 Å². The number of morpholine rings is 1. The number of amides is 1. The minimum Gasteiger partial charge on any atom is -0.481 e. The van der Waals surface area contributed by atoms with Gasteiger partial charge in [0.05, 0.1) is 36.3 Å². The number of rotatable bonds is 13. The third kappa shape index (κ3) is 7.85. The molecule has 0 unspecified atom stereocenters. The predicted octanol–water partition coefficient (Wildman–Crippen LogP) is 5.44. The van der Waals surface area contributed by atoms with Crippen LogP contribution in [0, 0.1) is 5.41 Å². The Labute approximate surface area is 276 Å². The van der Waals surface area contributed by atoms with Gasteiger partial charge in [0.25, 0.3) is 0 Å². The highest BCUT2D eigenvalue weighted by Gasteiger charge is 2.54. The number of sulfonamides is 1. The molecular formula is C33H43Cl2N3O6S. The number of carbonyl (C=O) groups excluding carboxylic acids is 1. The summed E-state index contributed by atoms with van der Waals surface area (Å²) in [6.45, 7) is 5.41. The van der Waals surface area contributed by atoms with E-state index in [2.05, 4.69) is 4.90 Å². The molecule has 0 bridgehead atoms. The third-order valence-electron chi connectivity index (χ3n) is 9.68. The first-order valence-electron chi connectivity index (χ1n) is 15.7. The second-order valence-electron chi connectivity index (χ2n) is 12.8. The first-order valence-corrected chi connectivity index (χ1v) is 18.0. The van der Waals surface area contributed by atoms with E-state index in [4.69, 9.17) is 27.9 Å². The van der Waals surface area contributed by atoms with E-state index in [0.717, 1.165) is 24.2 Å². The maximum atomic E-state index is 15.0. The normalized spacial score (nSPS) is 25.4. The SMILES string of the molecule is C[C@@H](CCN(C)S(=O)(=O)C1CC1)N1C(=O)[C@@](CCN2CCOCC2)(CC(=O)O)C[C@H](c2cccc(Cl)c2)[C@H]1c1ccc(Cl)cc1. The number of hydrogen-bond acceptors (Lipinski definition) is 6. The number of carbonyl (C=O) groups is 2. The van der Waals surface area contributed by atoms with Crippen LogP contribution < -0.4 is 0 Å². The van der Waals surface area contributed by atoms with Gasteiger partial charge in [-0.05, 0) is 81.0 Å². The highest BCUT2D eigenvalue weighted by molar-refractivity contribution is 7.90. The van der Waals surface area contributed by atoms with Crippen LogP contribution >= 0.6 is 23.2 Å². The second kappa shape index (κ2) is 14.3. The van der Waals surface area contributed by atoms with E-state index in [1.54, 1.807) is 25.2 Å². The van der Waals surface area contributed by atoms with Crippen molar-refractivity contribution in [2.45, 2.75) is 68.7 Å². The van der Waals surface area contributed by atoms with Crippen LogP contribution in [0.15, 0.2) is 48.5 Å². The molecule has 0 spiro atoms. The average Bonchev–Trinajstić information content (AvgIpc) is 3.87. The molecule has 3 aliphatic rings. The zero-order chi connectivity index (χ0) is 32.4. The van der Waals surface area contributed by atoms with Crippen LogP contribution in [0.25, 0.3) is 0 Å². The number of ether oxygens (including phenoxy) is 1. The number of aliphatic carboxylic acids is 1. The summed E-state index contributed by atoms with van der Waals surface area (Å²) in [6, 6.07) is 14.2. The third-order valence-corrected chi connectivity index (χ3v) is 12.5. The molecule has 2 aromatic carbocycles. The number of hydrogen-bond donors (Lipinski definition) is 1. The summed E-state index contributed by atoms with van der Waals surface area (Å²) in [7, 11) is -1.79. The van der Waals surface area contributed by atoms with Crippen molar-refractivity contribution in [3.8, 4) is 0 Å². The Morgan fingerprint density at radius 3 is 2.40 bits per heavy atom. The molecule has 1 N–H and O–H groups in total. The monoisotopic (exact) mass is 679 g/mol. The smallest absolute Gasteiger partial charge is 0.304 e. The molecule has 0 radical (unpaired) electrons. The van der Waals surface area contributed by atoms with E-state index < -0.39 is 33.5 Å². The van der Waals surface area contributed by atoms with Crippen molar-refractivity contribution in [3.63, 3.8) is 0 Å². The van der Waals surface area contributed by atoms with E-state index in [1.165, 1.54) is 4.31 Å². The van der Waals surface area contributed by atoms with Gasteiger partial charge in [0.1, 0.15) is 0 Å². The minimum atomic E-state index is -3.39. The topological polar surface area (TPSA) is 107 Å². The van der Waals surface area contributed by atoms with Crippen LogP contribution in [0.2, 0.25) is 10.0 Å². The number of likely N-dealkylation sites (tertiary alicyclic amines) is 1. The van der Waals surface area contributed by atoms with Crippen LogP contribution in [0.1, 0.15) is 68.5 Å². The van der Waals surface area contributed by atoms with E-state index in [-0.39, 0.29) is 30.0 Å². The van der Waals surface area contributed by atoms with Crippen molar-refractivity contribution in [1.82, 2.24) is 14.1 Å². The zero-order valence-corrected chi connectivity index (χ0v) is 28.2. The Kier molecular flexibility index (Phi) is 10.8. The van der Waals surface area contributed by atoms with Crippen molar-refractivity contribution in [3.05, 3.63) is 69.7 Å². The van der Waals surface area contributed by atoms with Crippen LogP contribution in [-0.4, -0.2) is 97.2 Å². The van der Waals surface area contributed by atoms with Gasteiger partial charge in [-0.1, -0.05) is 47.5 Å². The molecular weight excluding hydrogens is 637 g/mol. The predicted molar refractivity (Wildman–Crippen MR) is 175 cm³/mol. The molecule has 1 aliphatic carbocycles. The molecule has 0 aromatic heterocycles. The Balaban J connectivity index is 1.57. The first kappa shape index (κ1) is 34.1. The molecule has 246 valence electrons. The van der Waals surface area contributed by atoms with Gasteiger partial charge in [-0.2, -0.15) is 0 Å². The summed E-state index contributed by atoms with van der Waals surface area (Å²) in [5, 5.41) is 11.0. The Hall–Kier alpha value is -2.21. The van der Waals surface area contributed by atoms with E-state index in [0.29, 0.717) is 61.9 Å². The molecule has 2 saturated heterocycles. The molecule has 1 amide bonds. The summed E-state index contributed by atoms with van der Waals surface area (Å²) in [6.07, 6.45) is 2.14. The Morgan fingerprint density at radius 1 is 1.09 bits per heavy atom. The molecule has 3 fully saturated rings. The fourth-order valence-electron chi connectivity index (χ4n) is 6.97. The van der Waals surface area contributed by atoms with E-state index in [1.807, 2.05) is 42.2 Å². The maximum absolute atomic E-state index is 15.0. The Bertz CT molecular complexity index is 1470. The van der Waals surface area contributed by atoms with Gasteiger partial charge in [-0.3, -0.25) is 14.5 Å². The van der Waals surface area contributed by atoms with Crippen LogP contribution in [0.3, 0.4) is 0 Å². The van der Waals surface area contributed by atoms with Gasteiger partial charge in [0, 0.05) is 48.7 Å². The van der Waals surface area contributed by atoms with Crippen LogP contribution in [-0.2, 0) is 24.3 Å². The van der Waals surface area contributed by atoms with Gasteiger partial charge in [0.2, 0.25) is 15.9 Å². The highest BCUT2D eigenvalue weighted by atomic mass is 35.5. The summed E-state index contributed by atoms with van der Waals surface area (Å²) < 4.78 is 32.8. The van der Waals surface area contributed by atoms with Crippen LogP contribution in [0.4, 0.5) is 0 Å². The zero-order valence-electron chi connectivity index (χ0n) is 25.9. The molecule has 5 rings (SSSR count). The van der Waals surface area contributed by atoms with Crippen molar-refractivity contribution < 1.29 is 27.9 Å². The first-order chi connectivity index (χ1) is 21.4. The molecule has 4 atom stereocenters. The standard InChI is InChI=1S/C33H43Cl2N3O6S/c1-23(12-14-36(2)45(42,43)28-10-11-28)38-31(24-6-8-26(34)9-7-24)29(25-4-3-5-27(35)20-25)21-33(32(38)41,22-30(39)40)13-15-37-16-18-44-19-17-37/h3-9,20,23,28-29,31H,10-19,21-22H2,1-2H3,(H,39,40)/t23-,29+,31+,33+/m0/s1. The fraction of sp³-hybridized carbons (Fsp3) is 0.576. The average molecular weight is 681 g/mol. The van der Waals surface area contributed by atoms with Gasteiger partial charge < -0.3 is 14.7 Å². The van der Waals surface area contributed by atoms with Gasteiger partial charge in [-0.25, -0.2) is 12.7 Å². The molecule has 2 aromatic rings. The minimum absolute atomic E-state index is 0.211. The molecule has 2 heterocycles. The quantitative estimate of drug-likeness (QED) is 0.301. The lowest BCUT2D eigenvalue weighted by molar-refractivity contribution is -0.163. The number of halogens is 2. The lowest BCUT2D eigenvalue weighted by Crippen LogP contribution is -2.57. The number of carboxylic acid groups (broad SMARTS) is 1.